The van der Waals surface area contributed by atoms with Crippen molar-refractivity contribution < 1.29 is 14.3 Å². The van der Waals surface area contributed by atoms with Crippen LogP contribution in [-0.2, 0) is 20.7 Å². The maximum absolute atomic E-state index is 12.4. The summed E-state index contributed by atoms with van der Waals surface area (Å²) in [5.41, 5.74) is 1.18. The molecule has 2 aliphatic heterocycles. The van der Waals surface area contributed by atoms with Crippen LogP contribution in [0.25, 0.3) is 0 Å². The van der Waals surface area contributed by atoms with Crippen LogP contribution < -0.4 is 0 Å². The fraction of sp³-hybridized carbons (Fsp3) is 0.650. The van der Waals surface area contributed by atoms with Crippen molar-refractivity contribution in [1.29, 1.82) is 0 Å². The fourth-order valence-corrected chi connectivity index (χ4v) is 4.07. The molecule has 0 N–H and O–H groups in total. The molecule has 3 rings (SSSR count). The molecule has 1 atom stereocenters. The van der Waals surface area contributed by atoms with Gasteiger partial charge < -0.3 is 14.5 Å². The van der Waals surface area contributed by atoms with E-state index in [2.05, 4.69) is 4.98 Å². The third-order valence-corrected chi connectivity index (χ3v) is 5.95. The van der Waals surface area contributed by atoms with Crippen molar-refractivity contribution in [2.24, 2.45) is 5.41 Å². The number of pyridine rings is 1. The lowest BCUT2D eigenvalue weighted by Crippen LogP contribution is -2.53. The number of aromatic nitrogens is 1. The lowest BCUT2D eigenvalue weighted by Gasteiger charge is -2.47. The van der Waals surface area contributed by atoms with Crippen LogP contribution >= 0.6 is 0 Å². The molecule has 0 aliphatic carbocycles. The van der Waals surface area contributed by atoms with Crippen molar-refractivity contribution in [3.63, 3.8) is 0 Å². The van der Waals surface area contributed by atoms with Crippen molar-refractivity contribution in [2.45, 2.75) is 45.1 Å². The first-order valence-electron chi connectivity index (χ1n) is 9.52. The summed E-state index contributed by atoms with van der Waals surface area (Å²) < 4.78 is 5.16. The van der Waals surface area contributed by atoms with E-state index >= 15 is 0 Å². The van der Waals surface area contributed by atoms with Crippen molar-refractivity contribution >= 4 is 11.8 Å². The molecule has 2 saturated heterocycles. The van der Waals surface area contributed by atoms with Crippen LogP contribution in [0.4, 0.5) is 0 Å². The Labute approximate surface area is 155 Å². The van der Waals surface area contributed by atoms with Gasteiger partial charge in [0.1, 0.15) is 6.10 Å². The second-order valence-electron chi connectivity index (χ2n) is 7.59. The van der Waals surface area contributed by atoms with Gasteiger partial charge in [-0.2, -0.15) is 0 Å². The molecule has 0 bridgehead atoms. The molecule has 26 heavy (non-hydrogen) atoms. The quantitative estimate of drug-likeness (QED) is 0.805. The Balaban J connectivity index is 1.56. The van der Waals surface area contributed by atoms with Crippen molar-refractivity contribution in [3.8, 4) is 0 Å². The topological polar surface area (TPSA) is 62.7 Å². The van der Waals surface area contributed by atoms with Gasteiger partial charge in [0.15, 0.2) is 0 Å². The van der Waals surface area contributed by atoms with E-state index < -0.39 is 0 Å². The van der Waals surface area contributed by atoms with Gasteiger partial charge in [-0.15, -0.1) is 0 Å². The highest BCUT2D eigenvalue weighted by molar-refractivity contribution is 5.80. The van der Waals surface area contributed by atoms with E-state index in [0.717, 1.165) is 57.6 Å². The van der Waals surface area contributed by atoms with Crippen LogP contribution in [0, 0.1) is 5.41 Å². The Hall–Kier alpha value is -1.95. The normalized spacial score (nSPS) is 21.1. The van der Waals surface area contributed by atoms with Gasteiger partial charge in [-0.05, 0) is 43.7 Å². The zero-order valence-electron chi connectivity index (χ0n) is 15.8. The monoisotopic (exact) mass is 359 g/mol. The first kappa shape index (κ1) is 18.8. The molecule has 0 aromatic carbocycles. The third kappa shape index (κ3) is 4.23. The van der Waals surface area contributed by atoms with Crippen molar-refractivity contribution in [3.05, 3.63) is 30.1 Å². The third-order valence-electron chi connectivity index (χ3n) is 5.95. The molecule has 6 heteroatoms. The van der Waals surface area contributed by atoms with E-state index in [9.17, 15) is 9.59 Å². The molecule has 2 amide bonds. The number of amides is 2. The summed E-state index contributed by atoms with van der Waals surface area (Å²) in [7, 11) is 1.57. The molecule has 1 aromatic rings. The van der Waals surface area contributed by atoms with E-state index in [1.54, 1.807) is 20.2 Å². The standard InChI is InChI=1S/C20H29N3O3/c1-16(26-2)19(25)22-13-9-20(10-14-22)8-6-18(24)23(15-20)12-7-17-5-3-4-11-21-17/h3-5,11,16H,6-10,12-15H2,1-2H3/t16-/m1/s1. The van der Waals surface area contributed by atoms with Crippen LogP contribution in [0.1, 0.15) is 38.3 Å². The summed E-state index contributed by atoms with van der Waals surface area (Å²) in [6.45, 7) is 4.84. The largest absolute Gasteiger partial charge is 0.372 e. The Bertz CT molecular complexity index is 626. The lowest BCUT2D eigenvalue weighted by atomic mass is 9.72. The van der Waals surface area contributed by atoms with Gasteiger partial charge in [-0.1, -0.05) is 6.07 Å². The fourth-order valence-electron chi connectivity index (χ4n) is 4.07. The van der Waals surface area contributed by atoms with Gasteiger partial charge in [0, 0.05) is 58.0 Å². The molecule has 6 nitrogen and oxygen atoms in total. The Kier molecular flexibility index (Phi) is 5.91. The van der Waals surface area contributed by atoms with Crippen LogP contribution in [0.3, 0.4) is 0 Å². The van der Waals surface area contributed by atoms with Gasteiger partial charge in [-0.25, -0.2) is 0 Å². The highest BCUT2D eigenvalue weighted by atomic mass is 16.5. The average Bonchev–Trinajstić information content (AvgIpc) is 2.69. The van der Waals surface area contributed by atoms with Gasteiger partial charge >= 0.3 is 0 Å². The molecular weight excluding hydrogens is 330 g/mol. The number of carbonyl (C=O) groups excluding carboxylic acids is 2. The van der Waals surface area contributed by atoms with Crippen LogP contribution in [0.5, 0.6) is 0 Å². The molecule has 2 fully saturated rings. The Morgan fingerprint density at radius 1 is 1.31 bits per heavy atom. The number of methoxy groups -OCH3 is 1. The molecule has 1 spiro atoms. The number of piperidine rings is 2. The summed E-state index contributed by atoms with van der Waals surface area (Å²) in [5.74, 6) is 0.319. The predicted molar refractivity (Wildman–Crippen MR) is 98.5 cm³/mol. The minimum Gasteiger partial charge on any atom is -0.372 e. The molecular formula is C20H29N3O3. The van der Waals surface area contributed by atoms with Gasteiger partial charge in [0.05, 0.1) is 0 Å². The van der Waals surface area contributed by atoms with E-state index in [-0.39, 0.29) is 23.3 Å². The molecule has 142 valence electrons. The lowest BCUT2D eigenvalue weighted by molar-refractivity contribution is -0.147. The number of nitrogens with zero attached hydrogens (tertiary/aromatic N) is 3. The van der Waals surface area contributed by atoms with Crippen molar-refractivity contribution in [1.82, 2.24) is 14.8 Å². The number of carbonyl (C=O) groups is 2. The molecule has 0 saturated carbocycles. The maximum atomic E-state index is 12.4. The number of hydrogen-bond donors (Lipinski definition) is 0. The number of likely N-dealkylation sites (tertiary alicyclic amines) is 2. The summed E-state index contributed by atoms with van der Waals surface area (Å²) in [6.07, 6.45) is 5.68. The van der Waals surface area contributed by atoms with Crippen LogP contribution in [0.15, 0.2) is 24.4 Å². The highest BCUT2D eigenvalue weighted by Crippen LogP contribution is 2.40. The predicted octanol–water partition coefficient (Wildman–Crippen LogP) is 1.89. The van der Waals surface area contributed by atoms with E-state index in [1.807, 2.05) is 28.0 Å². The van der Waals surface area contributed by atoms with Crippen LogP contribution in [0.2, 0.25) is 0 Å². The number of rotatable bonds is 5. The summed E-state index contributed by atoms with van der Waals surface area (Å²) in [4.78, 5) is 32.9. The minimum absolute atomic E-state index is 0.0706. The van der Waals surface area contributed by atoms with E-state index in [1.165, 1.54) is 0 Å². The van der Waals surface area contributed by atoms with Gasteiger partial charge in [0.25, 0.3) is 5.91 Å². The minimum atomic E-state index is -0.383. The van der Waals surface area contributed by atoms with Gasteiger partial charge in [0.2, 0.25) is 5.91 Å². The Morgan fingerprint density at radius 3 is 2.73 bits per heavy atom. The van der Waals surface area contributed by atoms with Crippen molar-refractivity contribution in [2.75, 3.05) is 33.3 Å². The maximum Gasteiger partial charge on any atom is 0.251 e. The average molecular weight is 359 g/mol. The second kappa shape index (κ2) is 8.16. The summed E-state index contributed by atoms with van der Waals surface area (Å²) in [6, 6.07) is 5.89. The second-order valence-corrected chi connectivity index (χ2v) is 7.59. The summed E-state index contributed by atoms with van der Waals surface area (Å²) in [5, 5.41) is 0. The zero-order chi connectivity index (χ0) is 18.6. The summed E-state index contributed by atoms with van der Waals surface area (Å²) >= 11 is 0. The SMILES string of the molecule is CO[C@H](C)C(=O)N1CCC2(CCC(=O)N(CCc3ccccn3)C2)CC1. The number of ether oxygens (including phenoxy) is 1. The van der Waals surface area contributed by atoms with E-state index in [0.29, 0.717) is 6.42 Å². The zero-order valence-corrected chi connectivity index (χ0v) is 15.8. The molecule has 0 radical (unpaired) electrons. The molecule has 0 unspecified atom stereocenters. The molecule has 1 aromatic heterocycles. The first-order chi connectivity index (χ1) is 12.5. The highest BCUT2D eigenvalue weighted by Gasteiger charge is 2.41. The molecule has 3 heterocycles. The van der Waals surface area contributed by atoms with Crippen LogP contribution in [-0.4, -0.2) is 66.0 Å². The van der Waals surface area contributed by atoms with E-state index in [4.69, 9.17) is 4.74 Å². The smallest absolute Gasteiger partial charge is 0.251 e. The Morgan fingerprint density at radius 2 is 2.08 bits per heavy atom. The molecule has 2 aliphatic rings. The first-order valence-corrected chi connectivity index (χ1v) is 9.52. The van der Waals surface area contributed by atoms with Gasteiger partial charge in [-0.3, -0.25) is 14.6 Å². The number of hydrogen-bond acceptors (Lipinski definition) is 4.